The summed E-state index contributed by atoms with van der Waals surface area (Å²) < 4.78 is 19.9. The van der Waals surface area contributed by atoms with Crippen molar-refractivity contribution in [1.82, 2.24) is 4.89 Å². The van der Waals surface area contributed by atoms with E-state index in [0.29, 0.717) is 0 Å². The molecule has 0 heterocycles. The Morgan fingerprint density at radius 1 is 1.71 bits per heavy atom. The lowest BCUT2D eigenvalue weighted by atomic mass is 11.0. The SMILES string of the molecule is CCS(=O)(=O)[N]O. The molecule has 0 saturated carbocycles. The Balaban J connectivity index is 3.89. The summed E-state index contributed by atoms with van der Waals surface area (Å²) in [7, 11) is -3.48. The van der Waals surface area contributed by atoms with Gasteiger partial charge in [0.15, 0.2) is 0 Å². The van der Waals surface area contributed by atoms with Crippen molar-refractivity contribution in [2.24, 2.45) is 0 Å². The Morgan fingerprint density at radius 2 is 2.14 bits per heavy atom. The van der Waals surface area contributed by atoms with E-state index in [-0.39, 0.29) is 5.75 Å². The molecule has 0 bridgehead atoms. The summed E-state index contributed by atoms with van der Waals surface area (Å²) in [5, 5.41) is 7.63. The zero-order valence-corrected chi connectivity index (χ0v) is 4.64. The molecule has 1 N–H and O–H groups in total. The fourth-order valence-corrected chi connectivity index (χ4v) is 0.173. The van der Waals surface area contributed by atoms with Crippen molar-refractivity contribution in [3.05, 3.63) is 0 Å². The van der Waals surface area contributed by atoms with Gasteiger partial charge in [0, 0.05) is 4.89 Å². The molecule has 0 aromatic rings. The van der Waals surface area contributed by atoms with E-state index in [1.54, 1.807) is 0 Å². The average molecular weight is 124 g/mol. The molecular formula is C2H6NO3S. The molecule has 0 aliphatic heterocycles. The Hall–Kier alpha value is -0.130. The summed E-state index contributed by atoms with van der Waals surface area (Å²) >= 11 is 0. The van der Waals surface area contributed by atoms with Crippen LogP contribution >= 0.6 is 0 Å². The van der Waals surface area contributed by atoms with Crippen molar-refractivity contribution in [2.45, 2.75) is 6.92 Å². The number of nitrogens with zero attached hydrogens (tertiary/aromatic N) is 1. The summed E-state index contributed by atoms with van der Waals surface area (Å²) in [6.45, 7) is 1.40. The van der Waals surface area contributed by atoms with Gasteiger partial charge in [0.1, 0.15) is 0 Å². The molecule has 0 amide bonds. The van der Waals surface area contributed by atoms with E-state index in [2.05, 4.69) is 4.89 Å². The molecule has 0 saturated heterocycles. The quantitative estimate of drug-likeness (QED) is 0.496. The van der Waals surface area contributed by atoms with Crippen LogP contribution in [0, 0.1) is 0 Å². The third-order valence-corrected chi connectivity index (χ3v) is 1.47. The first kappa shape index (κ1) is 6.87. The van der Waals surface area contributed by atoms with Crippen LogP contribution < -0.4 is 4.89 Å². The molecular weight excluding hydrogens is 118 g/mol. The van der Waals surface area contributed by atoms with Crippen LogP contribution in [0.15, 0.2) is 0 Å². The van der Waals surface area contributed by atoms with Crippen LogP contribution in [0.1, 0.15) is 6.92 Å². The van der Waals surface area contributed by atoms with E-state index < -0.39 is 10.0 Å². The van der Waals surface area contributed by atoms with Crippen molar-refractivity contribution in [3.63, 3.8) is 0 Å². The monoisotopic (exact) mass is 124 g/mol. The smallest absolute Gasteiger partial charge is 0.252 e. The largest absolute Gasteiger partial charge is 0.283 e. The fraction of sp³-hybridized carbons (Fsp3) is 1.00. The molecule has 0 aromatic carbocycles. The molecule has 0 aliphatic rings. The van der Waals surface area contributed by atoms with Gasteiger partial charge in [-0.2, -0.15) is 0 Å². The van der Waals surface area contributed by atoms with Crippen LogP contribution in [0.2, 0.25) is 0 Å². The van der Waals surface area contributed by atoms with Gasteiger partial charge in [-0.3, -0.25) is 5.21 Å². The molecule has 5 heteroatoms. The first-order valence-electron chi connectivity index (χ1n) is 1.71. The zero-order chi connectivity index (χ0) is 5.91. The first-order valence-corrected chi connectivity index (χ1v) is 3.32. The Kier molecular flexibility index (Phi) is 2.21. The molecule has 4 nitrogen and oxygen atoms in total. The first-order chi connectivity index (χ1) is 3.12. The Labute approximate surface area is 42.2 Å². The molecule has 7 heavy (non-hydrogen) atoms. The highest BCUT2D eigenvalue weighted by Gasteiger charge is 2.02. The molecule has 0 fully saturated rings. The van der Waals surface area contributed by atoms with Crippen molar-refractivity contribution < 1.29 is 13.6 Å². The molecule has 0 rings (SSSR count). The molecule has 43 valence electrons. The maximum absolute atomic E-state index is 9.95. The van der Waals surface area contributed by atoms with Crippen LogP contribution in [0.5, 0.6) is 0 Å². The number of hydrogen-bond donors (Lipinski definition) is 1. The number of rotatable bonds is 2. The van der Waals surface area contributed by atoms with E-state index in [9.17, 15) is 8.42 Å². The van der Waals surface area contributed by atoms with Crippen LogP contribution in [0.25, 0.3) is 0 Å². The fourth-order valence-electron chi connectivity index (χ4n) is 0.0577. The molecule has 0 aliphatic carbocycles. The predicted octanol–water partition coefficient (Wildman–Crippen LogP) is -0.670. The minimum absolute atomic E-state index is 0.149. The minimum Gasteiger partial charge on any atom is -0.283 e. The van der Waals surface area contributed by atoms with Gasteiger partial charge in [0.2, 0.25) is 0 Å². The molecule has 0 aromatic heterocycles. The molecule has 0 unspecified atom stereocenters. The standard InChI is InChI=1S/C2H6NO3S/c1-2-7(5,6)3-4/h4H,2H2,1H3. The molecule has 0 atom stereocenters. The highest BCUT2D eigenvalue weighted by molar-refractivity contribution is 7.89. The lowest BCUT2D eigenvalue weighted by Gasteiger charge is -1.87. The molecule has 0 spiro atoms. The highest BCUT2D eigenvalue weighted by atomic mass is 32.2. The van der Waals surface area contributed by atoms with E-state index in [0.717, 1.165) is 0 Å². The van der Waals surface area contributed by atoms with Gasteiger partial charge in [-0.05, 0) is 6.92 Å². The highest BCUT2D eigenvalue weighted by Crippen LogP contribution is 1.78. The van der Waals surface area contributed by atoms with Crippen molar-refractivity contribution in [3.8, 4) is 0 Å². The third kappa shape index (κ3) is 2.55. The van der Waals surface area contributed by atoms with E-state index in [4.69, 9.17) is 5.21 Å². The lowest BCUT2D eigenvalue weighted by Crippen LogP contribution is -2.13. The summed E-state index contributed by atoms with van der Waals surface area (Å²) in [5.74, 6) is -0.149. The topological polar surface area (TPSA) is 68.5 Å². The van der Waals surface area contributed by atoms with Gasteiger partial charge >= 0.3 is 0 Å². The maximum atomic E-state index is 9.95. The number of hydrogen-bond acceptors (Lipinski definition) is 3. The van der Waals surface area contributed by atoms with Crippen LogP contribution in [-0.2, 0) is 10.0 Å². The summed E-state index contributed by atoms with van der Waals surface area (Å²) in [6.07, 6.45) is 0. The van der Waals surface area contributed by atoms with Crippen molar-refractivity contribution >= 4 is 10.0 Å². The van der Waals surface area contributed by atoms with Gasteiger partial charge < -0.3 is 0 Å². The van der Waals surface area contributed by atoms with Crippen LogP contribution in [-0.4, -0.2) is 19.4 Å². The minimum atomic E-state index is -3.48. The van der Waals surface area contributed by atoms with Crippen molar-refractivity contribution in [1.29, 1.82) is 0 Å². The summed E-state index contributed by atoms with van der Waals surface area (Å²) in [6, 6.07) is 0. The lowest BCUT2D eigenvalue weighted by molar-refractivity contribution is 0.233. The second-order valence-electron chi connectivity index (χ2n) is 0.952. The second-order valence-corrected chi connectivity index (χ2v) is 2.86. The predicted molar refractivity (Wildman–Crippen MR) is 23.4 cm³/mol. The van der Waals surface area contributed by atoms with E-state index in [1.807, 2.05) is 0 Å². The Morgan fingerprint density at radius 3 is 2.14 bits per heavy atom. The number of sulfonamides is 1. The summed E-state index contributed by atoms with van der Waals surface area (Å²) in [4.78, 5) is 2.11. The van der Waals surface area contributed by atoms with Crippen LogP contribution in [0.4, 0.5) is 0 Å². The van der Waals surface area contributed by atoms with Gasteiger partial charge in [-0.1, -0.05) is 0 Å². The summed E-state index contributed by atoms with van der Waals surface area (Å²) in [5.41, 5.74) is 0. The van der Waals surface area contributed by atoms with Gasteiger partial charge in [0.05, 0.1) is 5.75 Å². The van der Waals surface area contributed by atoms with Gasteiger partial charge in [-0.25, -0.2) is 8.42 Å². The normalized spacial score (nSPS) is 11.7. The zero-order valence-electron chi connectivity index (χ0n) is 3.83. The molecule has 1 radical (unpaired) electrons. The van der Waals surface area contributed by atoms with Gasteiger partial charge in [0.25, 0.3) is 10.0 Å². The average Bonchev–Trinajstić information content (AvgIpc) is 1.68. The Bertz CT molecular complexity index is 116. The van der Waals surface area contributed by atoms with E-state index >= 15 is 0 Å². The third-order valence-electron chi connectivity index (χ3n) is 0.489. The maximum Gasteiger partial charge on any atom is 0.252 e. The van der Waals surface area contributed by atoms with Crippen LogP contribution in [0.3, 0.4) is 0 Å². The second kappa shape index (κ2) is 2.25. The van der Waals surface area contributed by atoms with E-state index in [1.165, 1.54) is 6.92 Å². The van der Waals surface area contributed by atoms with Crippen molar-refractivity contribution in [2.75, 3.05) is 5.75 Å². The van der Waals surface area contributed by atoms with Gasteiger partial charge in [-0.15, -0.1) is 0 Å².